The van der Waals surface area contributed by atoms with E-state index in [-0.39, 0.29) is 24.4 Å². The molecule has 0 aliphatic rings. The van der Waals surface area contributed by atoms with Crippen molar-refractivity contribution >= 4 is 27.5 Å². The Balaban J connectivity index is 2.06. The molecule has 0 heterocycles. The van der Waals surface area contributed by atoms with E-state index in [0.29, 0.717) is 5.56 Å². The first-order chi connectivity index (χ1) is 18.0. The van der Waals surface area contributed by atoms with E-state index in [1.807, 2.05) is 30.3 Å². The zero-order valence-electron chi connectivity index (χ0n) is 21.8. The SMILES string of the molecule is CNC(=O)C(Cc1ccccc1)N(Cc1ccc(F)cc1)C(=O)CN(c1cc(C)ccc1OC)S(C)(=O)=O. The number of halogens is 1. The molecule has 1 atom stereocenters. The standard InChI is InChI=1S/C28H32FN3O5S/c1-20-10-15-26(37-3)24(16-20)32(38(4,35)36)19-27(33)31(18-22-11-13-23(29)14-12-22)25(28(34)30-2)17-21-8-6-5-7-9-21/h5-16,25H,17-19H2,1-4H3,(H,30,34). The summed E-state index contributed by atoms with van der Waals surface area (Å²) >= 11 is 0. The summed E-state index contributed by atoms with van der Waals surface area (Å²) in [6.45, 7) is 1.20. The van der Waals surface area contributed by atoms with Gasteiger partial charge in [0.2, 0.25) is 21.8 Å². The number of sulfonamides is 1. The summed E-state index contributed by atoms with van der Waals surface area (Å²) in [6, 6.07) is 18.9. The third-order valence-electron chi connectivity index (χ3n) is 6.07. The van der Waals surface area contributed by atoms with Crippen molar-refractivity contribution < 1.29 is 27.1 Å². The molecule has 0 saturated heterocycles. The summed E-state index contributed by atoms with van der Waals surface area (Å²) in [5.41, 5.74) is 2.39. The Kier molecular flexibility index (Phi) is 9.46. The number of methoxy groups -OCH3 is 1. The van der Waals surface area contributed by atoms with Gasteiger partial charge in [-0.2, -0.15) is 0 Å². The molecule has 3 aromatic rings. The fourth-order valence-corrected chi connectivity index (χ4v) is 4.94. The number of aryl methyl sites for hydroxylation is 1. The number of anilines is 1. The highest BCUT2D eigenvalue weighted by Crippen LogP contribution is 2.31. The van der Waals surface area contributed by atoms with Gasteiger partial charge in [-0.3, -0.25) is 13.9 Å². The van der Waals surface area contributed by atoms with Gasteiger partial charge in [0.05, 0.1) is 19.1 Å². The van der Waals surface area contributed by atoms with E-state index >= 15 is 0 Å². The van der Waals surface area contributed by atoms with Crippen molar-refractivity contribution in [1.29, 1.82) is 0 Å². The van der Waals surface area contributed by atoms with Crippen molar-refractivity contribution in [2.24, 2.45) is 0 Å². The molecule has 38 heavy (non-hydrogen) atoms. The van der Waals surface area contributed by atoms with Gasteiger partial charge < -0.3 is 15.0 Å². The maximum atomic E-state index is 13.9. The normalized spacial score (nSPS) is 11.9. The fourth-order valence-electron chi connectivity index (χ4n) is 4.10. The van der Waals surface area contributed by atoms with Crippen LogP contribution in [0, 0.1) is 12.7 Å². The quantitative estimate of drug-likeness (QED) is 0.402. The predicted octanol–water partition coefficient (Wildman–Crippen LogP) is 3.29. The molecule has 0 aliphatic heterocycles. The minimum atomic E-state index is -3.93. The number of hydrogen-bond acceptors (Lipinski definition) is 5. The first-order valence-electron chi connectivity index (χ1n) is 11.9. The number of nitrogens with zero attached hydrogens (tertiary/aromatic N) is 2. The van der Waals surface area contributed by atoms with Gasteiger partial charge in [-0.15, -0.1) is 0 Å². The Morgan fingerprint density at radius 2 is 1.66 bits per heavy atom. The Hall–Kier alpha value is -3.92. The van der Waals surface area contributed by atoms with Crippen molar-refractivity contribution in [2.45, 2.75) is 25.9 Å². The minimum Gasteiger partial charge on any atom is -0.495 e. The van der Waals surface area contributed by atoms with Gasteiger partial charge in [-0.25, -0.2) is 12.8 Å². The number of rotatable bonds is 11. The molecule has 0 aromatic heterocycles. The smallest absolute Gasteiger partial charge is 0.244 e. The number of nitrogens with one attached hydrogen (secondary N) is 1. The van der Waals surface area contributed by atoms with Gasteiger partial charge in [0.15, 0.2) is 0 Å². The molecule has 2 amide bonds. The molecule has 0 aliphatic carbocycles. The highest BCUT2D eigenvalue weighted by atomic mass is 32.2. The lowest BCUT2D eigenvalue weighted by molar-refractivity contribution is -0.139. The molecule has 0 spiro atoms. The summed E-state index contributed by atoms with van der Waals surface area (Å²) in [5.74, 6) is -1.17. The van der Waals surface area contributed by atoms with E-state index in [4.69, 9.17) is 4.74 Å². The average Bonchev–Trinajstić information content (AvgIpc) is 2.89. The molecule has 8 nitrogen and oxygen atoms in total. The number of hydrogen-bond donors (Lipinski definition) is 1. The van der Waals surface area contributed by atoms with Crippen LogP contribution in [0.3, 0.4) is 0 Å². The Bertz CT molecular complexity index is 1360. The summed E-state index contributed by atoms with van der Waals surface area (Å²) in [4.78, 5) is 28.3. The van der Waals surface area contributed by atoms with Crippen LogP contribution in [0.4, 0.5) is 10.1 Å². The van der Waals surface area contributed by atoms with Crippen molar-refractivity contribution in [3.8, 4) is 5.75 Å². The predicted molar refractivity (Wildman–Crippen MR) is 145 cm³/mol. The second kappa shape index (κ2) is 12.6. The monoisotopic (exact) mass is 541 g/mol. The molecule has 0 fully saturated rings. The van der Waals surface area contributed by atoms with Crippen LogP contribution in [-0.4, -0.2) is 58.1 Å². The molecular formula is C28H32FN3O5S. The largest absolute Gasteiger partial charge is 0.495 e. The maximum absolute atomic E-state index is 13.9. The number of likely N-dealkylation sites (N-methyl/N-ethyl adjacent to an activating group) is 1. The van der Waals surface area contributed by atoms with E-state index in [0.717, 1.165) is 21.7 Å². The molecule has 3 rings (SSSR count). The number of benzene rings is 3. The van der Waals surface area contributed by atoms with Gasteiger partial charge in [-0.1, -0.05) is 48.5 Å². The molecule has 0 bridgehead atoms. The van der Waals surface area contributed by atoms with Crippen LogP contribution in [0.1, 0.15) is 16.7 Å². The summed E-state index contributed by atoms with van der Waals surface area (Å²) in [6.07, 6.45) is 1.20. The van der Waals surface area contributed by atoms with Crippen molar-refractivity contribution in [3.05, 3.63) is 95.3 Å². The van der Waals surface area contributed by atoms with Crippen LogP contribution >= 0.6 is 0 Å². The minimum absolute atomic E-state index is 0.0351. The van der Waals surface area contributed by atoms with Gasteiger partial charge in [0, 0.05) is 20.0 Å². The van der Waals surface area contributed by atoms with Gasteiger partial charge in [0.1, 0.15) is 24.2 Å². The van der Waals surface area contributed by atoms with E-state index in [1.54, 1.807) is 25.1 Å². The van der Waals surface area contributed by atoms with Crippen molar-refractivity contribution in [1.82, 2.24) is 10.2 Å². The number of amides is 2. The van der Waals surface area contributed by atoms with Crippen molar-refractivity contribution in [3.63, 3.8) is 0 Å². The van der Waals surface area contributed by atoms with E-state index in [1.165, 1.54) is 43.3 Å². The Morgan fingerprint density at radius 3 is 2.24 bits per heavy atom. The van der Waals surface area contributed by atoms with Crippen LogP contribution < -0.4 is 14.4 Å². The van der Waals surface area contributed by atoms with Gasteiger partial charge >= 0.3 is 0 Å². The van der Waals surface area contributed by atoms with E-state index in [9.17, 15) is 22.4 Å². The van der Waals surface area contributed by atoms with Crippen LogP contribution in [0.25, 0.3) is 0 Å². The van der Waals surface area contributed by atoms with E-state index < -0.39 is 40.2 Å². The highest BCUT2D eigenvalue weighted by Gasteiger charge is 2.33. The zero-order chi connectivity index (χ0) is 27.9. The molecule has 1 N–H and O–H groups in total. The molecule has 1 unspecified atom stereocenters. The van der Waals surface area contributed by atoms with Crippen LogP contribution in [0.15, 0.2) is 72.8 Å². The van der Waals surface area contributed by atoms with Crippen LogP contribution in [-0.2, 0) is 32.6 Å². The third-order valence-corrected chi connectivity index (χ3v) is 7.19. The van der Waals surface area contributed by atoms with E-state index in [2.05, 4.69) is 5.32 Å². The third kappa shape index (κ3) is 7.32. The second-order valence-corrected chi connectivity index (χ2v) is 10.8. The molecule has 10 heteroatoms. The molecule has 3 aromatic carbocycles. The lowest BCUT2D eigenvalue weighted by Gasteiger charge is -2.33. The fraction of sp³-hybridized carbons (Fsp3) is 0.286. The topological polar surface area (TPSA) is 96.0 Å². The van der Waals surface area contributed by atoms with Gasteiger partial charge in [-0.05, 0) is 47.9 Å². The number of carbonyl (C=O) groups is 2. The van der Waals surface area contributed by atoms with Gasteiger partial charge in [0.25, 0.3) is 0 Å². The molecule has 0 radical (unpaired) electrons. The second-order valence-electron chi connectivity index (χ2n) is 8.91. The summed E-state index contributed by atoms with van der Waals surface area (Å²) in [7, 11) is -1.04. The maximum Gasteiger partial charge on any atom is 0.244 e. The first-order valence-corrected chi connectivity index (χ1v) is 13.8. The average molecular weight is 542 g/mol. The van der Waals surface area contributed by atoms with Crippen LogP contribution in [0.2, 0.25) is 0 Å². The zero-order valence-corrected chi connectivity index (χ0v) is 22.7. The lowest BCUT2D eigenvalue weighted by atomic mass is 10.0. The molecular weight excluding hydrogens is 509 g/mol. The summed E-state index contributed by atoms with van der Waals surface area (Å²) in [5, 5.41) is 2.61. The Morgan fingerprint density at radius 1 is 1.00 bits per heavy atom. The lowest BCUT2D eigenvalue weighted by Crippen LogP contribution is -2.52. The molecule has 0 saturated carbocycles. The van der Waals surface area contributed by atoms with Crippen molar-refractivity contribution in [2.75, 3.05) is 31.3 Å². The highest BCUT2D eigenvalue weighted by molar-refractivity contribution is 7.92. The first kappa shape index (κ1) is 28.6. The number of carbonyl (C=O) groups excluding carboxylic acids is 2. The Labute approximate surface area is 223 Å². The molecule has 202 valence electrons. The number of ether oxygens (including phenoxy) is 1. The summed E-state index contributed by atoms with van der Waals surface area (Å²) < 4.78 is 45.7. The van der Waals surface area contributed by atoms with Crippen LogP contribution in [0.5, 0.6) is 5.75 Å².